The molecule has 14 heavy (non-hydrogen) atoms. The van der Waals surface area contributed by atoms with Crippen molar-refractivity contribution in [3.63, 3.8) is 0 Å². The van der Waals surface area contributed by atoms with Gasteiger partial charge in [-0.2, -0.15) is 0 Å². The zero-order chi connectivity index (χ0) is 10.7. The first-order valence-corrected chi connectivity index (χ1v) is 5.00. The molecule has 1 aliphatic heterocycles. The molecule has 1 fully saturated rings. The Morgan fingerprint density at radius 2 is 2.21 bits per heavy atom. The fourth-order valence-electron chi connectivity index (χ4n) is 1.69. The minimum atomic E-state index is -0.990. The van der Waals surface area contributed by atoms with Crippen molar-refractivity contribution in [2.24, 2.45) is 5.73 Å². The van der Waals surface area contributed by atoms with Gasteiger partial charge in [-0.3, -0.25) is 9.69 Å². The third kappa shape index (κ3) is 2.23. The molecule has 1 atom stereocenters. The van der Waals surface area contributed by atoms with Crippen molar-refractivity contribution in [1.82, 2.24) is 9.80 Å². The van der Waals surface area contributed by atoms with Crippen LogP contribution < -0.4 is 5.73 Å². The Morgan fingerprint density at radius 3 is 2.71 bits per heavy atom. The molecular formula is C9H19N3O2. The van der Waals surface area contributed by atoms with Crippen LogP contribution >= 0.6 is 0 Å². The van der Waals surface area contributed by atoms with E-state index in [-0.39, 0.29) is 11.9 Å². The van der Waals surface area contributed by atoms with Gasteiger partial charge in [-0.25, -0.2) is 0 Å². The lowest BCUT2D eigenvalue weighted by atomic mass is 10.2. The van der Waals surface area contributed by atoms with Gasteiger partial charge in [-0.05, 0) is 13.8 Å². The first-order valence-electron chi connectivity index (χ1n) is 5.00. The van der Waals surface area contributed by atoms with Crippen LogP contribution in [0.4, 0.5) is 0 Å². The van der Waals surface area contributed by atoms with Gasteiger partial charge >= 0.3 is 0 Å². The first-order chi connectivity index (χ1) is 6.57. The van der Waals surface area contributed by atoms with Crippen molar-refractivity contribution in [2.45, 2.75) is 26.1 Å². The summed E-state index contributed by atoms with van der Waals surface area (Å²) in [6.07, 6.45) is -0.990. The van der Waals surface area contributed by atoms with Crippen molar-refractivity contribution in [2.75, 3.05) is 26.2 Å². The standard InChI is InChI=1S/C9H19N3O2/c1-7(2)12-6-5-11(4-3-10)8(13)9(12)14/h7,9,14H,3-6,10H2,1-2H3. The van der Waals surface area contributed by atoms with Crippen LogP contribution in [0.25, 0.3) is 0 Å². The normalized spacial score (nSPS) is 24.8. The van der Waals surface area contributed by atoms with Crippen LogP contribution in [0.2, 0.25) is 0 Å². The van der Waals surface area contributed by atoms with E-state index in [1.807, 2.05) is 13.8 Å². The third-order valence-electron chi connectivity index (χ3n) is 2.54. The Bertz CT molecular complexity index is 208. The van der Waals surface area contributed by atoms with Gasteiger partial charge in [0.2, 0.25) is 0 Å². The van der Waals surface area contributed by atoms with E-state index in [4.69, 9.17) is 5.73 Å². The summed E-state index contributed by atoms with van der Waals surface area (Å²) in [5, 5.41) is 9.70. The molecule has 1 saturated heterocycles. The summed E-state index contributed by atoms with van der Waals surface area (Å²) in [7, 11) is 0. The summed E-state index contributed by atoms with van der Waals surface area (Å²) >= 11 is 0. The van der Waals surface area contributed by atoms with E-state index in [9.17, 15) is 9.90 Å². The molecule has 1 unspecified atom stereocenters. The molecule has 82 valence electrons. The van der Waals surface area contributed by atoms with Crippen molar-refractivity contribution >= 4 is 5.91 Å². The fourth-order valence-corrected chi connectivity index (χ4v) is 1.69. The number of aliphatic hydroxyl groups is 1. The highest BCUT2D eigenvalue weighted by Crippen LogP contribution is 2.11. The smallest absolute Gasteiger partial charge is 0.266 e. The lowest BCUT2D eigenvalue weighted by molar-refractivity contribution is -0.160. The molecule has 0 saturated carbocycles. The molecule has 3 N–H and O–H groups in total. The number of aliphatic hydroxyl groups excluding tert-OH is 1. The van der Waals surface area contributed by atoms with Crippen LogP contribution in [0, 0.1) is 0 Å². The predicted molar refractivity (Wildman–Crippen MR) is 53.5 cm³/mol. The number of nitrogens with zero attached hydrogens (tertiary/aromatic N) is 2. The highest BCUT2D eigenvalue weighted by atomic mass is 16.3. The van der Waals surface area contributed by atoms with E-state index in [1.165, 1.54) is 0 Å². The Morgan fingerprint density at radius 1 is 1.57 bits per heavy atom. The predicted octanol–water partition coefficient (Wildman–Crippen LogP) is -1.18. The maximum Gasteiger partial charge on any atom is 0.266 e. The molecule has 1 rings (SSSR count). The third-order valence-corrected chi connectivity index (χ3v) is 2.54. The van der Waals surface area contributed by atoms with Crippen molar-refractivity contribution in [3.05, 3.63) is 0 Å². The summed E-state index contributed by atoms with van der Waals surface area (Å²) < 4.78 is 0. The van der Waals surface area contributed by atoms with E-state index in [2.05, 4.69) is 0 Å². The topological polar surface area (TPSA) is 69.8 Å². The summed E-state index contributed by atoms with van der Waals surface area (Å²) in [4.78, 5) is 15.0. The van der Waals surface area contributed by atoms with Gasteiger partial charge < -0.3 is 15.7 Å². The summed E-state index contributed by atoms with van der Waals surface area (Å²) in [5.74, 6) is -0.226. The minimum Gasteiger partial charge on any atom is -0.370 e. The highest BCUT2D eigenvalue weighted by molar-refractivity contribution is 5.81. The van der Waals surface area contributed by atoms with Crippen molar-refractivity contribution in [3.8, 4) is 0 Å². The monoisotopic (exact) mass is 201 g/mol. The summed E-state index contributed by atoms with van der Waals surface area (Å²) in [5.41, 5.74) is 5.37. The van der Waals surface area contributed by atoms with Gasteiger partial charge in [0.15, 0.2) is 6.23 Å². The maximum absolute atomic E-state index is 11.6. The van der Waals surface area contributed by atoms with Gasteiger partial charge in [-0.1, -0.05) is 0 Å². The van der Waals surface area contributed by atoms with Gasteiger partial charge in [0.05, 0.1) is 0 Å². The molecule has 0 aromatic rings. The molecule has 5 heteroatoms. The lowest BCUT2D eigenvalue weighted by Crippen LogP contribution is -2.59. The molecule has 0 radical (unpaired) electrons. The quantitative estimate of drug-likeness (QED) is 0.603. The largest absolute Gasteiger partial charge is 0.370 e. The van der Waals surface area contributed by atoms with Gasteiger partial charge in [0.1, 0.15) is 0 Å². The van der Waals surface area contributed by atoms with Crippen LogP contribution in [-0.2, 0) is 4.79 Å². The van der Waals surface area contributed by atoms with Crippen molar-refractivity contribution < 1.29 is 9.90 Å². The number of piperazine rings is 1. The van der Waals surface area contributed by atoms with E-state index in [1.54, 1.807) is 9.80 Å². The number of hydrogen-bond donors (Lipinski definition) is 2. The van der Waals surface area contributed by atoms with Gasteiger partial charge in [-0.15, -0.1) is 0 Å². The Kier molecular flexibility index (Phi) is 3.86. The number of hydrogen-bond acceptors (Lipinski definition) is 4. The summed E-state index contributed by atoms with van der Waals surface area (Å²) in [6.45, 7) is 6.28. The zero-order valence-corrected chi connectivity index (χ0v) is 8.81. The Balaban J connectivity index is 2.60. The number of rotatable bonds is 3. The van der Waals surface area contributed by atoms with Gasteiger partial charge in [0.25, 0.3) is 5.91 Å². The van der Waals surface area contributed by atoms with E-state index in [0.717, 1.165) is 0 Å². The molecule has 0 aliphatic carbocycles. The molecule has 0 spiro atoms. The zero-order valence-electron chi connectivity index (χ0n) is 8.81. The van der Waals surface area contributed by atoms with Crippen molar-refractivity contribution in [1.29, 1.82) is 0 Å². The number of carbonyl (C=O) groups is 1. The number of amides is 1. The molecular weight excluding hydrogens is 182 g/mol. The average Bonchev–Trinajstić information content (AvgIpc) is 2.13. The van der Waals surface area contributed by atoms with Crippen LogP contribution in [0.15, 0.2) is 0 Å². The molecule has 5 nitrogen and oxygen atoms in total. The number of carbonyl (C=O) groups excluding carboxylic acids is 1. The molecule has 1 aliphatic rings. The van der Waals surface area contributed by atoms with E-state index in [0.29, 0.717) is 26.2 Å². The molecule has 0 aromatic carbocycles. The van der Waals surface area contributed by atoms with E-state index >= 15 is 0 Å². The molecule has 1 heterocycles. The fraction of sp³-hybridized carbons (Fsp3) is 0.889. The second kappa shape index (κ2) is 4.72. The number of nitrogens with two attached hydrogens (primary N) is 1. The molecule has 0 aromatic heterocycles. The Hall–Kier alpha value is -0.650. The van der Waals surface area contributed by atoms with Crippen LogP contribution in [0.3, 0.4) is 0 Å². The minimum absolute atomic E-state index is 0.189. The highest BCUT2D eigenvalue weighted by Gasteiger charge is 2.33. The van der Waals surface area contributed by atoms with Crippen LogP contribution in [-0.4, -0.2) is 59.3 Å². The van der Waals surface area contributed by atoms with Gasteiger partial charge in [0, 0.05) is 32.2 Å². The van der Waals surface area contributed by atoms with E-state index < -0.39 is 6.23 Å². The second-order valence-electron chi connectivity index (χ2n) is 3.82. The Labute approximate surface area is 84.5 Å². The lowest BCUT2D eigenvalue weighted by Gasteiger charge is -2.39. The van der Waals surface area contributed by atoms with Crippen LogP contribution in [0.1, 0.15) is 13.8 Å². The maximum atomic E-state index is 11.6. The second-order valence-corrected chi connectivity index (χ2v) is 3.82. The molecule has 1 amide bonds. The SMILES string of the molecule is CC(C)N1CCN(CCN)C(=O)C1O. The summed E-state index contributed by atoms with van der Waals surface area (Å²) in [6, 6.07) is 0.189. The van der Waals surface area contributed by atoms with Crippen LogP contribution in [0.5, 0.6) is 0 Å². The first kappa shape index (κ1) is 11.4. The average molecular weight is 201 g/mol. The molecule has 0 bridgehead atoms.